The standard InChI is InChI=1S/C8H3Br2FO2/c9-4-2-6-3(1-5(4)11)7(12)8(10)13-6/h1-2,8H/t8-/m0/s1. The lowest BCUT2D eigenvalue weighted by molar-refractivity contribution is 0.0942. The number of hydrogen-bond acceptors (Lipinski definition) is 2. The second-order valence-corrected chi connectivity index (χ2v) is 4.25. The molecule has 0 aromatic heterocycles. The van der Waals surface area contributed by atoms with Crippen molar-refractivity contribution in [3.8, 4) is 5.75 Å². The molecule has 0 radical (unpaired) electrons. The van der Waals surface area contributed by atoms with E-state index in [1.807, 2.05) is 0 Å². The average Bonchev–Trinajstić information content (AvgIpc) is 2.32. The van der Waals surface area contributed by atoms with E-state index in [1.54, 1.807) is 0 Å². The van der Waals surface area contributed by atoms with Crippen molar-refractivity contribution in [3.63, 3.8) is 0 Å². The second kappa shape index (κ2) is 3.06. The average molecular weight is 310 g/mol. The van der Waals surface area contributed by atoms with Gasteiger partial charge in [0, 0.05) is 0 Å². The van der Waals surface area contributed by atoms with Crippen LogP contribution in [-0.2, 0) is 0 Å². The molecule has 1 aliphatic rings. The molecule has 0 amide bonds. The fourth-order valence-electron chi connectivity index (χ4n) is 1.11. The van der Waals surface area contributed by atoms with E-state index in [0.29, 0.717) is 10.2 Å². The first-order valence-electron chi connectivity index (χ1n) is 3.43. The molecule has 1 atom stereocenters. The van der Waals surface area contributed by atoms with Crippen LogP contribution in [0.5, 0.6) is 5.75 Å². The number of benzene rings is 1. The van der Waals surface area contributed by atoms with Crippen molar-refractivity contribution in [2.75, 3.05) is 0 Å². The largest absolute Gasteiger partial charge is 0.470 e. The van der Waals surface area contributed by atoms with Gasteiger partial charge in [-0.25, -0.2) is 4.39 Å². The van der Waals surface area contributed by atoms with E-state index in [9.17, 15) is 9.18 Å². The number of ether oxygens (including phenoxy) is 1. The van der Waals surface area contributed by atoms with Gasteiger partial charge < -0.3 is 4.74 Å². The number of fused-ring (bicyclic) bond motifs is 1. The van der Waals surface area contributed by atoms with Crippen LogP contribution >= 0.6 is 31.9 Å². The van der Waals surface area contributed by atoms with Gasteiger partial charge in [-0.05, 0) is 44.0 Å². The van der Waals surface area contributed by atoms with Gasteiger partial charge in [0.15, 0.2) is 0 Å². The Morgan fingerprint density at radius 2 is 2.15 bits per heavy atom. The lowest BCUT2D eigenvalue weighted by Gasteiger charge is -1.99. The van der Waals surface area contributed by atoms with Crippen molar-refractivity contribution in [1.29, 1.82) is 0 Å². The molecule has 0 aliphatic carbocycles. The molecule has 1 aromatic rings. The van der Waals surface area contributed by atoms with Crippen molar-refractivity contribution in [1.82, 2.24) is 0 Å². The maximum Gasteiger partial charge on any atom is 0.218 e. The van der Waals surface area contributed by atoms with Gasteiger partial charge in [0.2, 0.25) is 10.8 Å². The molecular weight excluding hydrogens is 307 g/mol. The molecule has 0 saturated heterocycles. The van der Waals surface area contributed by atoms with Crippen LogP contribution in [0.4, 0.5) is 4.39 Å². The second-order valence-electron chi connectivity index (χ2n) is 2.56. The molecule has 68 valence electrons. The monoisotopic (exact) mass is 308 g/mol. The first-order chi connectivity index (χ1) is 6.09. The highest BCUT2D eigenvalue weighted by Crippen LogP contribution is 2.34. The van der Waals surface area contributed by atoms with E-state index in [1.165, 1.54) is 12.1 Å². The van der Waals surface area contributed by atoms with Crippen molar-refractivity contribution in [3.05, 3.63) is 28.0 Å². The van der Waals surface area contributed by atoms with Crippen LogP contribution in [0.2, 0.25) is 0 Å². The molecule has 0 unspecified atom stereocenters. The van der Waals surface area contributed by atoms with Crippen LogP contribution in [0.1, 0.15) is 10.4 Å². The Labute approximate surface area is 90.3 Å². The summed E-state index contributed by atoms with van der Waals surface area (Å²) in [6.07, 6.45) is 0. The molecule has 1 aliphatic heterocycles. The lowest BCUT2D eigenvalue weighted by atomic mass is 10.1. The minimum atomic E-state index is -0.684. The molecule has 0 saturated carbocycles. The highest BCUT2D eigenvalue weighted by Gasteiger charge is 2.31. The molecule has 0 spiro atoms. The minimum Gasteiger partial charge on any atom is -0.470 e. The van der Waals surface area contributed by atoms with E-state index in [-0.39, 0.29) is 11.3 Å². The number of carbonyl (C=O) groups is 1. The van der Waals surface area contributed by atoms with Crippen molar-refractivity contribution >= 4 is 37.6 Å². The van der Waals surface area contributed by atoms with Crippen LogP contribution in [0.25, 0.3) is 0 Å². The Morgan fingerprint density at radius 1 is 1.46 bits per heavy atom. The third kappa shape index (κ3) is 1.40. The molecule has 5 heteroatoms. The third-order valence-corrected chi connectivity index (χ3v) is 2.93. The Hall–Kier alpha value is -0.420. The van der Waals surface area contributed by atoms with E-state index < -0.39 is 10.8 Å². The van der Waals surface area contributed by atoms with Gasteiger partial charge in [-0.2, -0.15) is 0 Å². The maximum atomic E-state index is 13.0. The first kappa shape index (κ1) is 9.15. The van der Waals surface area contributed by atoms with Gasteiger partial charge in [-0.1, -0.05) is 0 Å². The van der Waals surface area contributed by atoms with Crippen LogP contribution in [0.3, 0.4) is 0 Å². The highest BCUT2D eigenvalue weighted by molar-refractivity contribution is 9.10. The summed E-state index contributed by atoms with van der Waals surface area (Å²) < 4.78 is 18.4. The van der Waals surface area contributed by atoms with Crippen LogP contribution in [-0.4, -0.2) is 10.8 Å². The summed E-state index contributed by atoms with van der Waals surface area (Å²) in [5.74, 6) is -0.307. The number of hydrogen-bond donors (Lipinski definition) is 0. The summed E-state index contributed by atoms with van der Waals surface area (Å²) in [5, 5.41) is -0.684. The number of halogens is 3. The van der Waals surface area contributed by atoms with Crippen LogP contribution in [0, 0.1) is 5.82 Å². The smallest absolute Gasteiger partial charge is 0.218 e. The Kier molecular flexibility index (Phi) is 2.15. The summed E-state index contributed by atoms with van der Waals surface area (Å²) in [7, 11) is 0. The summed E-state index contributed by atoms with van der Waals surface area (Å²) in [4.78, 5) is 11.3. The van der Waals surface area contributed by atoms with Gasteiger partial charge in [-0.3, -0.25) is 4.79 Å². The van der Waals surface area contributed by atoms with Gasteiger partial charge in [0.05, 0.1) is 10.0 Å². The molecule has 2 nitrogen and oxygen atoms in total. The summed E-state index contributed by atoms with van der Waals surface area (Å²) >= 11 is 6.03. The van der Waals surface area contributed by atoms with E-state index in [0.717, 1.165) is 0 Å². The molecule has 1 aromatic carbocycles. The molecule has 1 heterocycles. The molecule has 0 fully saturated rings. The number of Topliss-reactive ketones (excluding diaryl/α,β-unsaturated/α-hetero) is 1. The van der Waals surface area contributed by atoms with Gasteiger partial charge >= 0.3 is 0 Å². The lowest BCUT2D eigenvalue weighted by Crippen LogP contribution is -2.10. The van der Waals surface area contributed by atoms with E-state index in [4.69, 9.17) is 4.74 Å². The molecular formula is C8H3Br2FO2. The number of carbonyl (C=O) groups excluding carboxylic acids is 1. The minimum absolute atomic E-state index is 0.249. The zero-order chi connectivity index (χ0) is 9.59. The van der Waals surface area contributed by atoms with E-state index >= 15 is 0 Å². The third-order valence-electron chi connectivity index (χ3n) is 1.72. The van der Waals surface area contributed by atoms with Crippen LogP contribution in [0.15, 0.2) is 16.6 Å². The SMILES string of the molecule is O=C1c2cc(F)c(Br)cc2O[C@@H]1Br. The van der Waals surface area contributed by atoms with Gasteiger partial charge in [0.1, 0.15) is 11.6 Å². The van der Waals surface area contributed by atoms with Gasteiger partial charge in [0.25, 0.3) is 0 Å². The normalized spacial score (nSPS) is 19.9. The van der Waals surface area contributed by atoms with E-state index in [2.05, 4.69) is 31.9 Å². The van der Waals surface area contributed by atoms with Gasteiger partial charge in [-0.15, -0.1) is 0 Å². The molecule has 0 bridgehead atoms. The number of alkyl halides is 1. The van der Waals surface area contributed by atoms with Crippen molar-refractivity contribution in [2.45, 2.75) is 5.01 Å². The topological polar surface area (TPSA) is 26.3 Å². The Bertz CT molecular complexity index is 392. The fraction of sp³-hybridized carbons (Fsp3) is 0.125. The Balaban J connectivity index is 2.59. The summed E-state index contributed by atoms with van der Waals surface area (Å²) in [6.45, 7) is 0. The maximum absolute atomic E-state index is 13.0. The van der Waals surface area contributed by atoms with Crippen molar-refractivity contribution in [2.24, 2.45) is 0 Å². The predicted molar refractivity (Wildman–Crippen MR) is 51.8 cm³/mol. The zero-order valence-corrected chi connectivity index (χ0v) is 9.35. The first-order valence-corrected chi connectivity index (χ1v) is 5.14. The summed E-state index contributed by atoms with van der Waals surface area (Å²) in [5.41, 5.74) is 0.280. The van der Waals surface area contributed by atoms with Crippen molar-refractivity contribution < 1.29 is 13.9 Å². The summed E-state index contributed by atoms with van der Waals surface area (Å²) in [6, 6.07) is 2.62. The molecule has 2 rings (SSSR count). The number of ketones is 1. The fourth-order valence-corrected chi connectivity index (χ4v) is 1.88. The highest BCUT2D eigenvalue weighted by atomic mass is 79.9. The Morgan fingerprint density at radius 3 is 2.85 bits per heavy atom. The number of rotatable bonds is 0. The zero-order valence-electron chi connectivity index (χ0n) is 6.18. The predicted octanol–water partition coefficient (Wildman–Crippen LogP) is 2.88. The molecule has 0 N–H and O–H groups in total. The quantitative estimate of drug-likeness (QED) is 0.689. The van der Waals surface area contributed by atoms with Crippen LogP contribution < -0.4 is 4.74 Å². The molecule has 13 heavy (non-hydrogen) atoms.